The van der Waals surface area contributed by atoms with E-state index in [1.165, 1.54) is 38.5 Å². The number of aliphatic hydroxyl groups excluding tert-OH is 1. The van der Waals surface area contributed by atoms with E-state index < -0.39 is 0 Å². The second-order valence-corrected chi connectivity index (χ2v) is 12.1. The van der Waals surface area contributed by atoms with Crippen LogP contribution in [0.1, 0.15) is 71.6 Å². The molecular weight excluding hydrogens is 414 g/mol. The molecule has 4 aliphatic rings. The van der Waals surface area contributed by atoms with E-state index in [-0.39, 0.29) is 17.6 Å². The van der Waals surface area contributed by atoms with Crippen molar-refractivity contribution < 1.29 is 14.7 Å². The molecule has 0 amide bonds. The van der Waals surface area contributed by atoms with Crippen LogP contribution in [-0.4, -0.2) is 62.6 Å². The van der Waals surface area contributed by atoms with Crippen LogP contribution >= 0.6 is 0 Å². The molecule has 0 saturated heterocycles. The van der Waals surface area contributed by atoms with Gasteiger partial charge in [0.25, 0.3) is 0 Å². The van der Waals surface area contributed by atoms with Crippen LogP contribution in [0.15, 0.2) is 11.8 Å². The van der Waals surface area contributed by atoms with Crippen LogP contribution in [0.5, 0.6) is 0 Å². The molecule has 4 aliphatic carbocycles. The van der Waals surface area contributed by atoms with E-state index >= 15 is 0 Å². The first-order valence-corrected chi connectivity index (χ1v) is 13.5. The van der Waals surface area contributed by atoms with Gasteiger partial charge in [-0.15, -0.1) is 0 Å². The number of rotatable bonds is 9. The summed E-state index contributed by atoms with van der Waals surface area (Å²) >= 11 is 0. The van der Waals surface area contributed by atoms with E-state index in [4.69, 9.17) is 15.3 Å². The van der Waals surface area contributed by atoms with Crippen molar-refractivity contribution in [3.8, 4) is 0 Å². The van der Waals surface area contributed by atoms with E-state index in [2.05, 4.69) is 44.5 Å². The summed E-state index contributed by atoms with van der Waals surface area (Å²) in [7, 11) is 4.14. The maximum Gasteiger partial charge on any atom is 0.0872 e. The van der Waals surface area contributed by atoms with Gasteiger partial charge in [0, 0.05) is 19.4 Å². The van der Waals surface area contributed by atoms with Gasteiger partial charge in [-0.2, -0.15) is 0 Å². The molecule has 4 N–H and O–H groups in total. The molecule has 0 heterocycles. The minimum absolute atomic E-state index is 0.000354. The van der Waals surface area contributed by atoms with E-state index in [0.29, 0.717) is 31.1 Å². The fraction of sp³-hybridized carbons (Fsp3) is 0.926. The zero-order valence-electron chi connectivity index (χ0n) is 21.5. The number of ether oxygens (including phenoxy) is 1. The average molecular weight is 464 g/mol. The molecule has 0 bridgehead atoms. The van der Waals surface area contributed by atoms with Gasteiger partial charge < -0.3 is 20.5 Å². The molecule has 6 heteroatoms. The third kappa shape index (κ3) is 5.02. The average Bonchev–Trinajstić information content (AvgIpc) is 3.10. The quantitative estimate of drug-likeness (QED) is 0.357. The standard InChI is InChI=1S/C27H49N3O3/c1-26-11-10-23-21(22(26)9-7-20(26)18-29-33-15-13-30(3)4)8-6-19-16-25(32-14-5-12-28)24(31)17-27(19,23)2/h18-19,21-25,29,31H,5-17,28H2,1-4H3/t19?,21-,22-,23+,24?,25?,26+,27-/m0/s1. The van der Waals surface area contributed by atoms with Gasteiger partial charge in [-0.1, -0.05) is 13.8 Å². The highest BCUT2D eigenvalue weighted by Crippen LogP contribution is 2.67. The van der Waals surface area contributed by atoms with Crippen LogP contribution in [0.2, 0.25) is 0 Å². The smallest absolute Gasteiger partial charge is 0.0872 e. The van der Waals surface area contributed by atoms with Crippen molar-refractivity contribution in [1.29, 1.82) is 0 Å². The van der Waals surface area contributed by atoms with Crippen molar-refractivity contribution in [3.05, 3.63) is 11.8 Å². The molecule has 0 aliphatic heterocycles. The number of hydroxylamine groups is 1. The van der Waals surface area contributed by atoms with Crippen molar-refractivity contribution in [3.63, 3.8) is 0 Å². The topological polar surface area (TPSA) is 80.0 Å². The van der Waals surface area contributed by atoms with Crippen LogP contribution in [0.4, 0.5) is 0 Å². The lowest BCUT2D eigenvalue weighted by atomic mass is 9.45. The Labute approximate surface area is 201 Å². The Hall–Kier alpha value is -0.660. The Morgan fingerprint density at radius 1 is 1.15 bits per heavy atom. The van der Waals surface area contributed by atoms with Crippen molar-refractivity contribution in [2.24, 2.45) is 40.2 Å². The van der Waals surface area contributed by atoms with E-state index in [1.807, 2.05) is 0 Å². The largest absolute Gasteiger partial charge is 0.390 e. The van der Waals surface area contributed by atoms with Gasteiger partial charge >= 0.3 is 0 Å². The van der Waals surface area contributed by atoms with E-state index in [9.17, 15) is 5.11 Å². The first-order chi connectivity index (χ1) is 15.8. The first-order valence-electron chi connectivity index (χ1n) is 13.5. The Morgan fingerprint density at radius 2 is 1.97 bits per heavy atom. The summed E-state index contributed by atoms with van der Waals surface area (Å²) in [6.07, 6.45) is 12.3. The van der Waals surface area contributed by atoms with Crippen LogP contribution < -0.4 is 11.2 Å². The number of fused-ring (bicyclic) bond motifs is 5. The second-order valence-electron chi connectivity index (χ2n) is 12.1. The number of aliphatic hydroxyl groups is 1. The molecule has 190 valence electrons. The van der Waals surface area contributed by atoms with Gasteiger partial charge in [-0.05, 0) is 119 Å². The van der Waals surface area contributed by atoms with Gasteiger partial charge in [0.2, 0.25) is 0 Å². The van der Waals surface area contributed by atoms with Crippen molar-refractivity contribution in [2.45, 2.75) is 83.8 Å². The van der Waals surface area contributed by atoms with Gasteiger partial charge in [0.1, 0.15) is 0 Å². The molecule has 0 aromatic rings. The summed E-state index contributed by atoms with van der Waals surface area (Å²) in [6.45, 7) is 7.96. The molecule has 4 fully saturated rings. The number of likely N-dealkylation sites (N-methyl/N-ethyl adjacent to an activating group) is 1. The normalized spacial score (nSPS) is 43.9. The number of nitrogens with two attached hydrogens (primary N) is 1. The first kappa shape index (κ1) is 25.4. The molecule has 8 atom stereocenters. The molecule has 4 saturated carbocycles. The summed E-state index contributed by atoms with van der Waals surface area (Å²) in [4.78, 5) is 7.80. The fourth-order valence-electron chi connectivity index (χ4n) is 8.24. The number of nitrogens with zero attached hydrogens (tertiary/aromatic N) is 1. The van der Waals surface area contributed by atoms with Gasteiger partial charge in [-0.3, -0.25) is 10.3 Å². The third-order valence-corrected chi connectivity index (χ3v) is 10.1. The lowest BCUT2D eigenvalue weighted by Crippen LogP contribution is -2.56. The minimum Gasteiger partial charge on any atom is -0.390 e. The highest BCUT2D eigenvalue weighted by atomic mass is 16.6. The predicted molar refractivity (Wildman–Crippen MR) is 132 cm³/mol. The maximum absolute atomic E-state index is 11.0. The second kappa shape index (κ2) is 10.5. The van der Waals surface area contributed by atoms with Crippen LogP contribution in [0, 0.1) is 34.5 Å². The molecule has 3 unspecified atom stereocenters. The highest BCUT2D eigenvalue weighted by Gasteiger charge is 2.60. The zero-order valence-corrected chi connectivity index (χ0v) is 21.5. The van der Waals surface area contributed by atoms with Crippen molar-refractivity contribution >= 4 is 0 Å². The summed E-state index contributed by atoms with van der Waals surface area (Å²) in [5.41, 5.74) is 10.9. The SMILES string of the molecule is CN(C)CCONC=C1CC[C@H]2[C@@H]3CCC4CC(OCCCN)C(O)C[C@]4(C)[C@@H]3CC[C@]12C. The maximum atomic E-state index is 11.0. The Kier molecular flexibility index (Phi) is 8.12. The summed E-state index contributed by atoms with van der Waals surface area (Å²) in [5, 5.41) is 11.0. The molecule has 0 aromatic carbocycles. The van der Waals surface area contributed by atoms with Crippen molar-refractivity contribution in [2.75, 3.05) is 40.4 Å². The number of nitrogens with one attached hydrogen (secondary N) is 1. The summed E-state index contributed by atoms with van der Waals surface area (Å²) in [5.74, 6) is 2.96. The molecular formula is C27H49N3O3. The summed E-state index contributed by atoms with van der Waals surface area (Å²) < 4.78 is 6.07. The fourth-order valence-corrected chi connectivity index (χ4v) is 8.24. The van der Waals surface area contributed by atoms with Crippen LogP contribution in [0.25, 0.3) is 0 Å². The molecule has 0 aromatic heterocycles. The van der Waals surface area contributed by atoms with Crippen LogP contribution in [0.3, 0.4) is 0 Å². The van der Waals surface area contributed by atoms with Crippen molar-refractivity contribution in [1.82, 2.24) is 10.4 Å². The monoisotopic (exact) mass is 463 g/mol. The van der Waals surface area contributed by atoms with E-state index in [0.717, 1.165) is 43.6 Å². The molecule has 33 heavy (non-hydrogen) atoms. The Morgan fingerprint density at radius 3 is 2.73 bits per heavy atom. The zero-order chi connectivity index (χ0) is 23.6. The lowest BCUT2D eigenvalue weighted by Gasteiger charge is -2.61. The number of hydrogen-bond acceptors (Lipinski definition) is 6. The minimum atomic E-state index is -0.335. The van der Waals surface area contributed by atoms with Gasteiger partial charge in [0.05, 0.1) is 18.8 Å². The molecule has 4 rings (SSSR count). The molecule has 6 nitrogen and oxygen atoms in total. The molecule has 0 spiro atoms. The Balaban J connectivity index is 1.40. The third-order valence-electron chi connectivity index (χ3n) is 10.1. The van der Waals surface area contributed by atoms with Crippen LogP contribution in [-0.2, 0) is 9.57 Å². The lowest BCUT2D eigenvalue weighted by molar-refractivity contribution is -0.166. The number of hydrogen-bond donors (Lipinski definition) is 3. The predicted octanol–water partition coefficient (Wildman–Crippen LogP) is 3.70. The molecule has 0 radical (unpaired) electrons. The van der Waals surface area contributed by atoms with Gasteiger partial charge in [0.15, 0.2) is 0 Å². The highest BCUT2D eigenvalue weighted by molar-refractivity contribution is 5.23. The number of allylic oxidation sites excluding steroid dienone is 1. The Bertz CT molecular complexity index is 686. The summed E-state index contributed by atoms with van der Waals surface area (Å²) in [6, 6.07) is 0. The van der Waals surface area contributed by atoms with E-state index in [1.54, 1.807) is 5.57 Å². The van der Waals surface area contributed by atoms with Gasteiger partial charge in [-0.25, -0.2) is 0 Å².